The minimum absolute atomic E-state index is 0.364. The Kier molecular flexibility index (Phi) is 21.0. The number of hydrogen-bond acceptors (Lipinski definition) is 0. The molecule has 0 radical (unpaired) electrons. The first-order valence-electron chi connectivity index (χ1n) is 16.6. The summed E-state index contributed by atoms with van der Waals surface area (Å²) in [6, 6.07) is 0. The third-order valence-electron chi connectivity index (χ3n) is 9.97. The van der Waals surface area contributed by atoms with Crippen molar-refractivity contribution in [1.29, 1.82) is 0 Å². The highest BCUT2D eigenvalue weighted by Crippen LogP contribution is 2.53. The molecule has 0 aliphatic heterocycles. The maximum absolute atomic E-state index is 2.50. The lowest BCUT2D eigenvalue weighted by molar-refractivity contribution is -0.0147. The van der Waals surface area contributed by atoms with E-state index in [1.165, 1.54) is 154 Å². The van der Waals surface area contributed by atoms with Crippen molar-refractivity contribution in [1.82, 2.24) is 0 Å². The fourth-order valence-corrected chi connectivity index (χ4v) is 5.68. The normalized spacial score (nSPS) is 13.0. The van der Waals surface area contributed by atoms with E-state index in [0.29, 0.717) is 16.2 Å². The van der Waals surface area contributed by atoms with E-state index in [0.717, 1.165) is 0 Å². The van der Waals surface area contributed by atoms with Gasteiger partial charge in [0, 0.05) is 0 Å². The minimum Gasteiger partial charge on any atom is -0.0654 e. The molecule has 0 rings (SSSR count). The van der Waals surface area contributed by atoms with Crippen LogP contribution in [0.15, 0.2) is 0 Å². The molecule has 0 fully saturated rings. The molecule has 0 saturated heterocycles. The first kappa shape index (κ1) is 35.0. The summed E-state index contributed by atoms with van der Waals surface area (Å²) in [5.74, 6) is 0. The highest BCUT2D eigenvalue weighted by molar-refractivity contribution is 4.94. The van der Waals surface area contributed by atoms with Gasteiger partial charge in [-0.1, -0.05) is 203 Å². The molecule has 0 nitrogen and oxygen atoms in total. The van der Waals surface area contributed by atoms with Crippen molar-refractivity contribution in [2.24, 2.45) is 16.2 Å². The first-order chi connectivity index (χ1) is 16.6. The summed E-state index contributed by atoms with van der Waals surface area (Å²) in [4.78, 5) is 0. The Labute approximate surface area is 225 Å². The summed E-state index contributed by atoms with van der Waals surface area (Å²) in [6.07, 6.45) is 35.1. The zero-order valence-corrected chi connectivity index (χ0v) is 26.5. The van der Waals surface area contributed by atoms with Crippen LogP contribution in [-0.4, -0.2) is 0 Å². The van der Waals surface area contributed by atoms with Gasteiger partial charge in [-0.2, -0.15) is 0 Å². The molecule has 0 amide bonds. The van der Waals surface area contributed by atoms with Gasteiger partial charge in [0.25, 0.3) is 0 Å². The molecule has 0 spiro atoms. The second-order valence-electron chi connectivity index (χ2n) is 14.3. The van der Waals surface area contributed by atoms with Crippen LogP contribution in [0.5, 0.6) is 0 Å². The van der Waals surface area contributed by atoms with Crippen LogP contribution >= 0.6 is 0 Å². The van der Waals surface area contributed by atoms with E-state index >= 15 is 0 Å². The van der Waals surface area contributed by atoms with Crippen LogP contribution in [0.1, 0.15) is 209 Å². The van der Waals surface area contributed by atoms with Crippen molar-refractivity contribution in [3.05, 3.63) is 0 Å². The molecule has 0 aromatic carbocycles. The van der Waals surface area contributed by atoms with Crippen LogP contribution in [0.3, 0.4) is 0 Å². The summed E-state index contributed by atoms with van der Waals surface area (Å²) in [5.41, 5.74) is 1.15. The van der Waals surface area contributed by atoms with Gasteiger partial charge in [0.1, 0.15) is 0 Å². The molecule has 0 heteroatoms. The predicted molar refractivity (Wildman–Crippen MR) is 163 cm³/mol. The average Bonchev–Trinajstić information content (AvgIpc) is 2.78. The molecule has 0 heterocycles. The van der Waals surface area contributed by atoms with Crippen LogP contribution in [0.25, 0.3) is 0 Å². The number of hydrogen-bond donors (Lipinski definition) is 0. The van der Waals surface area contributed by atoms with Crippen molar-refractivity contribution in [2.75, 3.05) is 0 Å². The van der Waals surface area contributed by atoms with Crippen LogP contribution in [0.4, 0.5) is 0 Å². The van der Waals surface area contributed by atoms with Gasteiger partial charge in [0.2, 0.25) is 0 Å². The van der Waals surface area contributed by atoms with Gasteiger partial charge in [0.05, 0.1) is 0 Å². The molecule has 35 heavy (non-hydrogen) atoms. The van der Waals surface area contributed by atoms with E-state index < -0.39 is 0 Å². The zero-order chi connectivity index (χ0) is 26.5. The number of rotatable bonds is 25. The summed E-state index contributed by atoms with van der Waals surface area (Å²) >= 11 is 0. The maximum atomic E-state index is 2.50. The van der Waals surface area contributed by atoms with Crippen molar-refractivity contribution >= 4 is 0 Å². The fraction of sp³-hybridized carbons (Fsp3) is 1.00. The molecule has 0 aliphatic carbocycles. The summed E-state index contributed by atoms with van der Waals surface area (Å²) < 4.78 is 0. The quantitative estimate of drug-likeness (QED) is 0.111. The largest absolute Gasteiger partial charge is 0.0654 e. The van der Waals surface area contributed by atoms with E-state index in [-0.39, 0.29) is 0 Å². The lowest BCUT2D eigenvalue weighted by Gasteiger charge is -2.51. The highest BCUT2D eigenvalue weighted by atomic mass is 14.5. The summed E-state index contributed by atoms with van der Waals surface area (Å²) in [5, 5.41) is 0. The molecule has 0 saturated carbocycles. The SMILES string of the molecule is CCCCCCCCCCCCCCCCCCCCCCCCCC(C)(C)C(C)(C)C(C)(C)C. The Balaban J connectivity index is 3.33. The van der Waals surface area contributed by atoms with Gasteiger partial charge in [-0.05, 0) is 22.7 Å². The fourth-order valence-electron chi connectivity index (χ4n) is 5.68. The molecule has 0 atom stereocenters. The summed E-state index contributed by atoms with van der Waals surface area (Å²) in [6.45, 7) is 19.5. The predicted octanol–water partition coefficient (Wildman–Crippen LogP) is 13.5. The molecule has 0 aromatic rings. The first-order valence-corrected chi connectivity index (χ1v) is 16.6. The molecule has 0 aromatic heterocycles. The minimum atomic E-state index is 0.364. The molecular formula is C35H72. The molecule has 0 aliphatic rings. The Morgan fingerprint density at radius 1 is 0.314 bits per heavy atom. The Morgan fingerprint density at radius 2 is 0.543 bits per heavy atom. The van der Waals surface area contributed by atoms with E-state index in [9.17, 15) is 0 Å². The third-order valence-corrected chi connectivity index (χ3v) is 9.97. The van der Waals surface area contributed by atoms with Crippen molar-refractivity contribution in [3.8, 4) is 0 Å². The van der Waals surface area contributed by atoms with E-state index in [1.807, 2.05) is 0 Å². The Hall–Kier alpha value is 0. The van der Waals surface area contributed by atoms with Gasteiger partial charge in [-0.3, -0.25) is 0 Å². The lowest BCUT2D eigenvalue weighted by atomic mass is 9.54. The van der Waals surface area contributed by atoms with Gasteiger partial charge in [-0.25, -0.2) is 0 Å². The smallest absolute Gasteiger partial charge is 0.0254 e. The van der Waals surface area contributed by atoms with Gasteiger partial charge in [0.15, 0.2) is 0 Å². The molecule has 212 valence electrons. The maximum Gasteiger partial charge on any atom is -0.0254 e. The standard InChI is InChI=1S/C35H72/c1-9-10-11-12-13-14-15-16-17-18-19-20-21-22-23-24-25-26-27-28-29-30-31-32-34(5,6)35(7,8)33(2,3)4/h9-32H2,1-8H3. The monoisotopic (exact) mass is 493 g/mol. The summed E-state index contributed by atoms with van der Waals surface area (Å²) in [7, 11) is 0. The topological polar surface area (TPSA) is 0 Å². The van der Waals surface area contributed by atoms with E-state index in [1.54, 1.807) is 0 Å². The van der Waals surface area contributed by atoms with Gasteiger partial charge < -0.3 is 0 Å². The third kappa shape index (κ3) is 18.0. The Bertz CT molecular complexity index is 435. The molecule has 0 N–H and O–H groups in total. The number of unbranched alkanes of at least 4 members (excludes halogenated alkanes) is 22. The zero-order valence-electron chi connectivity index (χ0n) is 26.5. The van der Waals surface area contributed by atoms with Gasteiger partial charge >= 0.3 is 0 Å². The second kappa shape index (κ2) is 21.0. The lowest BCUT2D eigenvalue weighted by Crippen LogP contribution is -2.42. The molecule has 0 bridgehead atoms. The van der Waals surface area contributed by atoms with Crippen LogP contribution in [0, 0.1) is 16.2 Å². The molecule has 0 unspecified atom stereocenters. The van der Waals surface area contributed by atoms with Crippen LogP contribution in [0.2, 0.25) is 0 Å². The van der Waals surface area contributed by atoms with Crippen molar-refractivity contribution < 1.29 is 0 Å². The Morgan fingerprint density at radius 3 is 0.771 bits per heavy atom. The van der Waals surface area contributed by atoms with Crippen molar-refractivity contribution in [3.63, 3.8) is 0 Å². The second-order valence-corrected chi connectivity index (χ2v) is 14.3. The molecular weight excluding hydrogens is 420 g/mol. The highest BCUT2D eigenvalue weighted by Gasteiger charge is 2.44. The van der Waals surface area contributed by atoms with E-state index in [4.69, 9.17) is 0 Å². The van der Waals surface area contributed by atoms with Crippen molar-refractivity contribution in [2.45, 2.75) is 209 Å². The average molecular weight is 493 g/mol. The van der Waals surface area contributed by atoms with Gasteiger partial charge in [-0.15, -0.1) is 0 Å². The van der Waals surface area contributed by atoms with Crippen LogP contribution in [-0.2, 0) is 0 Å². The van der Waals surface area contributed by atoms with Crippen LogP contribution < -0.4 is 0 Å². The van der Waals surface area contributed by atoms with E-state index in [2.05, 4.69) is 55.4 Å².